The maximum Gasteiger partial charge on any atom is 0.257 e. The fourth-order valence-electron chi connectivity index (χ4n) is 1.24. The lowest BCUT2D eigenvalue weighted by atomic mass is 10.1. The summed E-state index contributed by atoms with van der Waals surface area (Å²) >= 11 is 0. The van der Waals surface area contributed by atoms with Crippen molar-refractivity contribution in [1.82, 2.24) is 9.88 Å². The summed E-state index contributed by atoms with van der Waals surface area (Å²) in [5, 5.41) is 8.50. The molecule has 0 aliphatic rings. The van der Waals surface area contributed by atoms with Crippen LogP contribution in [0, 0.1) is 23.1 Å². The highest BCUT2D eigenvalue weighted by Crippen LogP contribution is 2.13. The minimum absolute atomic E-state index is 0.122. The Morgan fingerprint density at radius 3 is 2.88 bits per heavy atom. The largest absolute Gasteiger partial charge is 0.338 e. The molecular formula is C11H11F2N3O. The van der Waals surface area contributed by atoms with Crippen LogP contribution < -0.4 is 0 Å². The number of hydrogen-bond acceptors (Lipinski definition) is 3. The predicted octanol–water partition coefficient (Wildman–Crippen LogP) is 1.73. The average molecular weight is 239 g/mol. The number of amides is 1. The zero-order valence-electron chi connectivity index (χ0n) is 9.44. The molecule has 1 aromatic heterocycles. The van der Waals surface area contributed by atoms with Gasteiger partial charge in [-0.3, -0.25) is 4.79 Å². The lowest BCUT2D eigenvalue weighted by molar-refractivity contribution is 0.0740. The van der Waals surface area contributed by atoms with Crippen LogP contribution in [0.4, 0.5) is 8.78 Å². The number of carbonyl (C=O) groups is 1. The maximum absolute atomic E-state index is 13.3. The molecule has 1 amide bonds. The zero-order chi connectivity index (χ0) is 13.0. The van der Waals surface area contributed by atoms with E-state index in [1.807, 2.05) is 6.07 Å². The molecule has 90 valence electrons. The third kappa shape index (κ3) is 2.75. The topological polar surface area (TPSA) is 57.0 Å². The van der Waals surface area contributed by atoms with E-state index in [1.54, 1.807) is 6.92 Å². The Labute approximate surface area is 97.5 Å². The number of hydrogen-bond donors (Lipinski definition) is 0. The van der Waals surface area contributed by atoms with Gasteiger partial charge >= 0.3 is 0 Å². The van der Waals surface area contributed by atoms with Crippen LogP contribution in [0.25, 0.3) is 0 Å². The Hall–Kier alpha value is -2.03. The van der Waals surface area contributed by atoms with Crippen molar-refractivity contribution in [2.45, 2.75) is 19.4 Å². The number of rotatable bonds is 3. The first-order valence-corrected chi connectivity index (χ1v) is 4.93. The molecule has 4 nitrogen and oxygen atoms in total. The number of halogens is 2. The number of aromatic nitrogens is 1. The lowest BCUT2D eigenvalue weighted by Gasteiger charge is -2.23. The summed E-state index contributed by atoms with van der Waals surface area (Å²) < 4.78 is 26.2. The maximum atomic E-state index is 13.3. The third-order valence-electron chi connectivity index (χ3n) is 2.45. The molecule has 0 aliphatic carbocycles. The van der Waals surface area contributed by atoms with E-state index in [2.05, 4.69) is 4.98 Å². The van der Waals surface area contributed by atoms with E-state index < -0.39 is 17.7 Å². The first kappa shape index (κ1) is 13.0. The van der Waals surface area contributed by atoms with Gasteiger partial charge in [0.25, 0.3) is 5.91 Å². The minimum Gasteiger partial charge on any atom is -0.338 e. The van der Waals surface area contributed by atoms with E-state index in [-0.39, 0.29) is 18.0 Å². The van der Waals surface area contributed by atoms with Gasteiger partial charge in [-0.15, -0.1) is 0 Å². The van der Waals surface area contributed by atoms with Crippen molar-refractivity contribution >= 4 is 5.91 Å². The highest BCUT2D eigenvalue weighted by atomic mass is 19.2. The van der Waals surface area contributed by atoms with Gasteiger partial charge in [0.1, 0.15) is 0 Å². The van der Waals surface area contributed by atoms with Gasteiger partial charge in [0.2, 0.25) is 5.95 Å². The Kier molecular flexibility index (Phi) is 4.10. The number of nitriles is 1. The molecule has 0 fully saturated rings. The molecule has 0 bridgehead atoms. The fraction of sp³-hybridized carbons (Fsp3) is 0.364. The average Bonchev–Trinajstić information content (AvgIpc) is 2.31. The predicted molar refractivity (Wildman–Crippen MR) is 55.9 cm³/mol. The van der Waals surface area contributed by atoms with Gasteiger partial charge < -0.3 is 4.90 Å². The van der Waals surface area contributed by atoms with E-state index in [0.29, 0.717) is 0 Å². The number of pyridine rings is 1. The van der Waals surface area contributed by atoms with Crippen LogP contribution in [0.2, 0.25) is 0 Å². The first-order valence-electron chi connectivity index (χ1n) is 4.93. The molecule has 6 heteroatoms. The quantitative estimate of drug-likeness (QED) is 0.755. The van der Waals surface area contributed by atoms with Crippen LogP contribution in [-0.2, 0) is 0 Å². The first-order chi connectivity index (χ1) is 7.99. The second-order valence-corrected chi connectivity index (χ2v) is 3.59. The smallest absolute Gasteiger partial charge is 0.257 e. The van der Waals surface area contributed by atoms with Gasteiger partial charge in [0.15, 0.2) is 5.82 Å². The summed E-state index contributed by atoms with van der Waals surface area (Å²) in [5.74, 6) is -3.25. The zero-order valence-corrected chi connectivity index (χ0v) is 9.44. The van der Waals surface area contributed by atoms with Gasteiger partial charge in [0.05, 0.1) is 18.1 Å². The summed E-state index contributed by atoms with van der Waals surface area (Å²) in [4.78, 5) is 16.1. The summed E-state index contributed by atoms with van der Waals surface area (Å²) in [7, 11) is 1.43. The molecule has 1 rings (SSSR count). The van der Waals surface area contributed by atoms with Crippen LogP contribution in [0.15, 0.2) is 12.3 Å². The van der Waals surface area contributed by atoms with Crippen molar-refractivity contribution < 1.29 is 13.6 Å². The molecule has 1 unspecified atom stereocenters. The van der Waals surface area contributed by atoms with Crippen LogP contribution >= 0.6 is 0 Å². The lowest BCUT2D eigenvalue weighted by Crippen LogP contribution is -2.35. The Morgan fingerprint density at radius 1 is 1.65 bits per heavy atom. The number of nitrogens with zero attached hydrogens (tertiary/aromatic N) is 3. The Bertz CT molecular complexity index is 470. The SMILES string of the molecule is CC(CC#N)N(C)C(=O)c1ccnc(F)c1F. The normalized spacial score (nSPS) is 11.7. The highest BCUT2D eigenvalue weighted by molar-refractivity contribution is 5.94. The number of carbonyl (C=O) groups excluding carboxylic acids is 1. The summed E-state index contributed by atoms with van der Waals surface area (Å²) in [5.41, 5.74) is -0.384. The van der Waals surface area contributed by atoms with Gasteiger partial charge in [-0.2, -0.15) is 9.65 Å². The van der Waals surface area contributed by atoms with Crippen molar-refractivity contribution in [2.24, 2.45) is 0 Å². The van der Waals surface area contributed by atoms with E-state index in [9.17, 15) is 13.6 Å². The van der Waals surface area contributed by atoms with Gasteiger partial charge in [0, 0.05) is 19.3 Å². The molecule has 0 aromatic carbocycles. The fourth-order valence-corrected chi connectivity index (χ4v) is 1.24. The van der Waals surface area contributed by atoms with Crippen molar-refractivity contribution in [3.8, 4) is 6.07 Å². The monoisotopic (exact) mass is 239 g/mol. The van der Waals surface area contributed by atoms with E-state index >= 15 is 0 Å². The standard InChI is InChI=1S/C11H11F2N3O/c1-7(3-5-14)16(2)11(17)8-4-6-15-10(13)9(8)12/h4,6-7H,3H2,1-2H3. The molecule has 0 saturated heterocycles. The minimum atomic E-state index is -1.31. The molecule has 17 heavy (non-hydrogen) atoms. The summed E-state index contributed by atoms with van der Waals surface area (Å²) in [6.45, 7) is 1.65. The highest BCUT2D eigenvalue weighted by Gasteiger charge is 2.22. The molecule has 0 N–H and O–H groups in total. The molecule has 1 heterocycles. The molecule has 0 radical (unpaired) electrons. The van der Waals surface area contributed by atoms with Gasteiger partial charge in [-0.05, 0) is 13.0 Å². The van der Waals surface area contributed by atoms with Crippen molar-refractivity contribution in [3.63, 3.8) is 0 Å². The van der Waals surface area contributed by atoms with Crippen molar-refractivity contribution in [3.05, 3.63) is 29.6 Å². The summed E-state index contributed by atoms with van der Waals surface area (Å²) in [6.07, 6.45) is 1.14. The van der Waals surface area contributed by atoms with E-state index in [1.165, 1.54) is 11.9 Å². The van der Waals surface area contributed by atoms with Crippen molar-refractivity contribution in [2.75, 3.05) is 7.05 Å². The van der Waals surface area contributed by atoms with Crippen LogP contribution in [0.3, 0.4) is 0 Å². The Balaban J connectivity index is 2.97. The molecule has 0 aliphatic heterocycles. The van der Waals surface area contributed by atoms with E-state index in [4.69, 9.17) is 5.26 Å². The van der Waals surface area contributed by atoms with Crippen molar-refractivity contribution in [1.29, 1.82) is 5.26 Å². The molecule has 0 saturated carbocycles. The van der Waals surface area contributed by atoms with Crippen LogP contribution in [0.1, 0.15) is 23.7 Å². The third-order valence-corrected chi connectivity index (χ3v) is 2.45. The molecule has 1 atom stereocenters. The molecule has 1 aromatic rings. The Morgan fingerprint density at radius 2 is 2.29 bits per heavy atom. The molecular weight excluding hydrogens is 228 g/mol. The van der Waals surface area contributed by atoms with Crippen LogP contribution in [-0.4, -0.2) is 28.9 Å². The van der Waals surface area contributed by atoms with Gasteiger partial charge in [-0.1, -0.05) is 0 Å². The van der Waals surface area contributed by atoms with Crippen LogP contribution in [0.5, 0.6) is 0 Å². The summed E-state index contributed by atoms with van der Waals surface area (Å²) in [6, 6.07) is 2.64. The molecule has 0 spiro atoms. The van der Waals surface area contributed by atoms with E-state index in [0.717, 1.165) is 12.3 Å². The van der Waals surface area contributed by atoms with Gasteiger partial charge in [-0.25, -0.2) is 9.37 Å². The second kappa shape index (κ2) is 5.34. The second-order valence-electron chi connectivity index (χ2n) is 3.59.